The predicted octanol–water partition coefficient (Wildman–Crippen LogP) is 3.22. The maximum Gasteiger partial charge on any atom is 0.194 e. The van der Waals surface area contributed by atoms with E-state index in [1.165, 1.54) is 6.92 Å². The van der Waals surface area contributed by atoms with Gasteiger partial charge >= 0.3 is 0 Å². The number of halogens is 3. The fraction of sp³-hybridized carbons (Fsp3) is 0.500. The van der Waals surface area contributed by atoms with E-state index >= 15 is 0 Å². The molecule has 6 heteroatoms. The van der Waals surface area contributed by atoms with Crippen molar-refractivity contribution in [1.82, 2.24) is 0 Å². The third kappa shape index (κ3) is 3.37. The van der Waals surface area contributed by atoms with E-state index in [2.05, 4.69) is 0 Å². The molecule has 1 unspecified atom stereocenters. The highest BCUT2D eigenvalue weighted by Gasteiger charge is 2.25. The predicted molar refractivity (Wildman–Crippen MR) is 64.8 cm³/mol. The Balaban J connectivity index is 2.08. The first kappa shape index (κ1) is 15.0. The maximum absolute atomic E-state index is 13.5. The van der Waals surface area contributed by atoms with Crippen LogP contribution in [0.5, 0.6) is 0 Å². The Kier molecular flexibility index (Phi) is 4.77. The van der Waals surface area contributed by atoms with Gasteiger partial charge in [-0.15, -0.1) is 0 Å². The van der Waals surface area contributed by atoms with Crippen molar-refractivity contribution in [2.75, 3.05) is 6.61 Å². The van der Waals surface area contributed by atoms with Gasteiger partial charge in [0.2, 0.25) is 0 Å². The minimum Gasteiger partial charge on any atom is -0.353 e. The number of rotatable bonds is 4. The van der Waals surface area contributed by atoms with E-state index < -0.39 is 41.2 Å². The second kappa shape index (κ2) is 6.37. The van der Waals surface area contributed by atoms with Crippen molar-refractivity contribution in [3.05, 3.63) is 35.1 Å². The highest BCUT2D eigenvalue weighted by Crippen LogP contribution is 2.20. The molecule has 1 aromatic rings. The lowest BCUT2D eigenvalue weighted by Crippen LogP contribution is -2.31. The maximum atomic E-state index is 13.5. The van der Waals surface area contributed by atoms with Gasteiger partial charge < -0.3 is 9.47 Å². The SMILES string of the molecule is C[C@@H](OC1CCCCO1)C(=O)c1cc(F)c(F)cc1F. The zero-order valence-corrected chi connectivity index (χ0v) is 11.0. The summed E-state index contributed by atoms with van der Waals surface area (Å²) in [7, 11) is 0. The Bertz CT molecular complexity index is 499. The average molecular weight is 288 g/mol. The van der Waals surface area contributed by atoms with Crippen molar-refractivity contribution >= 4 is 5.78 Å². The summed E-state index contributed by atoms with van der Waals surface area (Å²) in [6.07, 6.45) is 0.997. The molecule has 0 spiro atoms. The first-order chi connectivity index (χ1) is 9.49. The first-order valence-corrected chi connectivity index (χ1v) is 6.45. The van der Waals surface area contributed by atoms with Gasteiger partial charge in [0.15, 0.2) is 23.7 Å². The van der Waals surface area contributed by atoms with Crippen LogP contribution in [0.25, 0.3) is 0 Å². The van der Waals surface area contributed by atoms with Crippen LogP contribution >= 0.6 is 0 Å². The Morgan fingerprint density at radius 1 is 1.25 bits per heavy atom. The Labute approximate surface area is 114 Å². The van der Waals surface area contributed by atoms with Crippen LogP contribution in [-0.2, 0) is 9.47 Å². The van der Waals surface area contributed by atoms with E-state index in [9.17, 15) is 18.0 Å². The molecule has 0 amide bonds. The molecule has 0 radical (unpaired) electrons. The van der Waals surface area contributed by atoms with Crippen molar-refractivity contribution in [2.45, 2.75) is 38.6 Å². The molecule has 1 aliphatic heterocycles. The van der Waals surface area contributed by atoms with E-state index in [1.54, 1.807) is 0 Å². The van der Waals surface area contributed by atoms with Crippen LogP contribution in [0.2, 0.25) is 0 Å². The fourth-order valence-corrected chi connectivity index (χ4v) is 2.04. The summed E-state index contributed by atoms with van der Waals surface area (Å²) >= 11 is 0. The zero-order valence-electron chi connectivity index (χ0n) is 11.0. The molecule has 0 saturated carbocycles. The number of benzene rings is 1. The second-order valence-corrected chi connectivity index (χ2v) is 4.68. The molecule has 2 atom stereocenters. The molecule has 1 fully saturated rings. The van der Waals surface area contributed by atoms with Crippen LogP contribution in [-0.4, -0.2) is 24.8 Å². The van der Waals surface area contributed by atoms with Crippen molar-refractivity contribution in [1.29, 1.82) is 0 Å². The highest BCUT2D eigenvalue weighted by atomic mass is 19.2. The minimum atomic E-state index is -1.33. The van der Waals surface area contributed by atoms with Crippen LogP contribution < -0.4 is 0 Å². The molecule has 2 rings (SSSR count). The lowest BCUT2D eigenvalue weighted by molar-refractivity contribution is -0.174. The Morgan fingerprint density at radius 3 is 2.60 bits per heavy atom. The van der Waals surface area contributed by atoms with E-state index in [1.807, 2.05) is 0 Å². The molecule has 0 aliphatic carbocycles. The quantitative estimate of drug-likeness (QED) is 0.630. The first-order valence-electron chi connectivity index (χ1n) is 6.45. The lowest BCUT2D eigenvalue weighted by atomic mass is 10.1. The van der Waals surface area contributed by atoms with Gasteiger partial charge in [0.25, 0.3) is 0 Å². The molecule has 1 saturated heterocycles. The number of carbonyl (C=O) groups excluding carboxylic acids is 1. The number of carbonyl (C=O) groups is 1. The largest absolute Gasteiger partial charge is 0.353 e. The van der Waals surface area contributed by atoms with E-state index in [0.717, 1.165) is 12.8 Å². The van der Waals surface area contributed by atoms with Gasteiger partial charge in [-0.05, 0) is 32.3 Å². The van der Waals surface area contributed by atoms with Gasteiger partial charge in [0, 0.05) is 12.7 Å². The fourth-order valence-electron chi connectivity index (χ4n) is 2.04. The Hall–Kier alpha value is -1.40. The van der Waals surface area contributed by atoms with Gasteiger partial charge in [-0.2, -0.15) is 0 Å². The van der Waals surface area contributed by atoms with E-state index in [0.29, 0.717) is 25.2 Å². The summed E-state index contributed by atoms with van der Waals surface area (Å²) in [6.45, 7) is 1.98. The molecule has 0 aromatic heterocycles. The summed E-state index contributed by atoms with van der Waals surface area (Å²) in [5.41, 5.74) is -0.521. The summed E-state index contributed by atoms with van der Waals surface area (Å²) in [4.78, 5) is 12.0. The summed E-state index contributed by atoms with van der Waals surface area (Å²) in [5, 5.41) is 0. The zero-order chi connectivity index (χ0) is 14.7. The van der Waals surface area contributed by atoms with Crippen molar-refractivity contribution < 1.29 is 27.4 Å². The number of hydrogen-bond donors (Lipinski definition) is 0. The molecule has 0 bridgehead atoms. The van der Waals surface area contributed by atoms with Gasteiger partial charge in [-0.25, -0.2) is 13.2 Å². The van der Waals surface area contributed by atoms with Crippen LogP contribution in [0.15, 0.2) is 12.1 Å². The van der Waals surface area contributed by atoms with Gasteiger partial charge in [-0.1, -0.05) is 0 Å². The molecule has 1 heterocycles. The number of hydrogen-bond acceptors (Lipinski definition) is 3. The molecule has 1 aliphatic rings. The van der Waals surface area contributed by atoms with E-state index in [4.69, 9.17) is 9.47 Å². The topological polar surface area (TPSA) is 35.5 Å². The normalized spacial score (nSPS) is 20.7. The van der Waals surface area contributed by atoms with Crippen molar-refractivity contribution in [2.24, 2.45) is 0 Å². The standard InChI is InChI=1S/C14H15F3O3/c1-8(20-13-4-2-3-5-19-13)14(18)9-6-11(16)12(17)7-10(9)15/h6-8,13H,2-5H2,1H3/t8-,13?/m1/s1. The van der Waals surface area contributed by atoms with Crippen LogP contribution in [0.1, 0.15) is 36.5 Å². The Morgan fingerprint density at radius 2 is 1.95 bits per heavy atom. The molecule has 110 valence electrons. The third-order valence-electron chi connectivity index (χ3n) is 3.14. The monoisotopic (exact) mass is 288 g/mol. The second-order valence-electron chi connectivity index (χ2n) is 4.68. The van der Waals surface area contributed by atoms with E-state index in [-0.39, 0.29) is 0 Å². The average Bonchev–Trinajstić information content (AvgIpc) is 2.43. The van der Waals surface area contributed by atoms with Crippen LogP contribution in [0.3, 0.4) is 0 Å². The van der Waals surface area contributed by atoms with Crippen LogP contribution in [0.4, 0.5) is 13.2 Å². The lowest BCUT2D eigenvalue weighted by Gasteiger charge is -2.25. The molecular formula is C14H15F3O3. The third-order valence-corrected chi connectivity index (χ3v) is 3.14. The smallest absolute Gasteiger partial charge is 0.194 e. The van der Waals surface area contributed by atoms with Gasteiger partial charge in [0.1, 0.15) is 11.9 Å². The van der Waals surface area contributed by atoms with Gasteiger partial charge in [0.05, 0.1) is 5.56 Å². The van der Waals surface area contributed by atoms with Crippen molar-refractivity contribution in [3.63, 3.8) is 0 Å². The number of ketones is 1. The van der Waals surface area contributed by atoms with Crippen molar-refractivity contribution in [3.8, 4) is 0 Å². The molecule has 1 aromatic carbocycles. The summed E-state index contributed by atoms with van der Waals surface area (Å²) in [6, 6.07) is 0.904. The summed E-state index contributed by atoms with van der Waals surface area (Å²) < 4.78 is 50.1. The molecule has 20 heavy (non-hydrogen) atoms. The molecule has 3 nitrogen and oxygen atoms in total. The summed E-state index contributed by atoms with van der Waals surface area (Å²) in [5.74, 6) is -4.44. The number of Topliss-reactive ketones (excluding diaryl/α,β-unsaturated/α-hetero) is 1. The minimum absolute atomic E-state index is 0.354. The molecule has 0 N–H and O–H groups in total. The van der Waals surface area contributed by atoms with Crippen LogP contribution in [0, 0.1) is 17.5 Å². The highest BCUT2D eigenvalue weighted by molar-refractivity contribution is 5.99. The van der Waals surface area contributed by atoms with Gasteiger partial charge in [-0.3, -0.25) is 4.79 Å². The molecular weight excluding hydrogens is 273 g/mol. The number of ether oxygens (including phenoxy) is 2.